The van der Waals surface area contributed by atoms with Crippen molar-refractivity contribution in [1.29, 1.82) is 0 Å². The Kier molecular flexibility index (Phi) is 5.17. The van der Waals surface area contributed by atoms with E-state index in [1.54, 1.807) is 0 Å². The number of likely N-dealkylation sites (tertiary alicyclic amines) is 1. The largest absolute Gasteiger partial charge is 0.396 e. The molecule has 1 N–H and O–H groups in total. The zero-order valence-corrected chi connectivity index (χ0v) is 12.5. The minimum atomic E-state index is 0.250. The highest BCUT2D eigenvalue weighted by Gasteiger charge is 2.25. The predicted molar refractivity (Wildman–Crippen MR) is 77.3 cm³/mol. The number of carbonyl (C=O) groups excluding carboxylic acids is 1. The van der Waals surface area contributed by atoms with Gasteiger partial charge in [0.2, 0.25) is 5.91 Å². The van der Waals surface area contributed by atoms with Crippen LogP contribution in [0.25, 0.3) is 0 Å². The number of hydrogen-bond donors (Lipinski definition) is 1. The van der Waals surface area contributed by atoms with E-state index in [9.17, 15) is 4.79 Å². The summed E-state index contributed by atoms with van der Waals surface area (Å²) in [4.78, 5) is 14.2. The van der Waals surface area contributed by atoms with Crippen LogP contribution in [0.15, 0.2) is 6.20 Å². The highest BCUT2D eigenvalue weighted by molar-refractivity contribution is 5.76. The standard InChI is InChI=1S/C15H25N3O2/c1-12-14(10-16-17(12)2)5-6-15(20)18-8-7-13(11-18)4-3-9-19/h10,13,19H,3-9,11H2,1-2H3. The van der Waals surface area contributed by atoms with Crippen LogP contribution in [0, 0.1) is 12.8 Å². The van der Waals surface area contributed by atoms with Crippen LogP contribution in [0.4, 0.5) is 0 Å². The molecule has 1 aliphatic heterocycles. The number of carbonyl (C=O) groups is 1. The molecule has 0 radical (unpaired) electrons. The molecule has 1 amide bonds. The van der Waals surface area contributed by atoms with Gasteiger partial charge in [0.15, 0.2) is 0 Å². The lowest BCUT2D eigenvalue weighted by atomic mass is 10.0. The van der Waals surface area contributed by atoms with Crippen LogP contribution >= 0.6 is 0 Å². The summed E-state index contributed by atoms with van der Waals surface area (Å²) in [6.07, 6.45) is 6.16. The summed E-state index contributed by atoms with van der Waals surface area (Å²) < 4.78 is 1.85. The van der Waals surface area contributed by atoms with Gasteiger partial charge < -0.3 is 10.0 Å². The molecule has 1 atom stereocenters. The minimum Gasteiger partial charge on any atom is -0.396 e. The quantitative estimate of drug-likeness (QED) is 0.853. The van der Waals surface area contributed by atoms with E-state index in [1.165, 1.54) is 0 Å². The van der Waals surface area contributed by atoms with Crippen molar-refractivity contribution >= 4 is 5.91 Å². The van der Waals surface area contributed by atoms with Crippen molar-refractivity contribution in [3.8, 4) is 0 Å². The van der Waals surface area contributed by atoms with Crippen LogP contribution in [-0.2, 0) is 18.3 Å². The van der Waals surface area contributed by atoms with Crippen LogP contribution in [0.2, 0.25) is 0 Å². The Hall–Kier alpha value is -1.36. The molecule has 1 unspecified atom stereocenters. The zero-order chi connectivity index (χ0) is 14.5. The summed E-state index contributed by atoms with van der Waals surface area (Å²) in [5.74, 6) is 0.825. The maximum absolute atomic E-state index is 12.2. The zero-order valence-electron chi connectivity index (χ0n) is 12.5. The second-order valence-corrected chi connectivity index (χ2v) is 5.74. The van der Waals surface area contributed by atoms with Gasteiger partial charge >= 0.3 is 0 Å². The Balaban J connectivity index is 1.77. The van der Waals surface area contributed by atoms with Gasteiger partial charge in [0.05, 0.1) is 6.20 Å². The van der Waals surface area contributed by atoms with Crippen molar-refractivity contribution in [3.63, 3.8) is 0 Å². The van der Waals surface area contributed by atoms with E-state index < -0.39 is 0 Å². The Labute approximate surface area is 120 Å². The summed E-state index contributed by atoms with van der Waals surface area (Å²) in [7, 11) is 1.92. The van der Waals surface area contributed by atoms with Crippen LogP contribution in [0.3, 0.4) is 0 Å². The molecule has 2 rings (SSSR count). The first-order chi connectivity index (χ1) is 9.61. The van der Waals surface area contributed by atoms with Crippen molar-refractivity contribution in [1.82, 2.24) is 14.7 Å². The average Bonchev–Trinajstić information content (AvgIpc) is 3.03. The first kappa shape index (κ1) is 15.0. The van der Waals surface area contributed by atoms with Gasteiger partial charge in [-0.15, -0.1) is 0 Å². The van der Waals surface area contributed by atoms with Crippen LogP contribution in [0.1, 0.15) is 36.9 Å². The number of aryl methyl sites for hydroxylation is 2. The number of aliphatic hydroxyl groups excluding tert-OH is 1. The molecule has 0 aliphatic carbocycles. The SMILES string of the molecule is Cc1c(CCC(=O)N2CCC(CCCO)C2)cnn1C. The maximum atomic E-state index is 12.2. The van der Waals surface area contributed by atoms with Crippen molar-refractivity contribution in [2.75, 3.05) is 19.7 Å². The second kappa shape index (κ2) is 6.88. The number of nitrogens with zero attached hydrogens (tertiary/aromatic N) is 3. The van der Waals surface area contributed by atoms with Gasteiger partial charge in [0, 0.05) is 38.9 Å². The van der Waals surface area contributed by atoms with E-state index in [4.69, 9.17) is 5.11 Å². The summed E-state index contributed by atoms with van der Waals surface area (Å²) in [6, 6.07) is 0. The monoisotopic (exact) mass is 279 g/mol. The van der Waals surface area contributed by atoms with Crippen molar-refractivity contribution in [2.24, 2.45) is 13.0 Å². The fourth-order valence-corrected chi connectivity index (χ4v) is 2.86. The molecule has 1 aromatic rings. The number of hydrogen-bond acceptors (Lipinski definition) is 3. The number of aliphatic hydroxyl groups is 1. The van der Waals surface area contributed by atoms with Gasteiger partial charge in [-0.3, -0.25) is 9.48 Å². The molecule has 5 heteroatoms. The Bertz CT molecular complexity index is 456. The molecule has 1 aromatic heterocycles. The second-order valence-electron chi connectivity index (χ2n) is 5.74. The maximum Gasteiger partial charge on any atom is 0.222 e. The summed E-state index contributed by atoms with van der Waals surface area (Å²) >= 11 is 0. The third-order valence-electron chi connectivity index (χ3n) is 4.35. The Morgan fingerprint density at radius 2 is 2.35 bits per heavy atom. The van der Waals surface area contributed by atoms with Gasteiger partial charge in [-0.25, -0.2) is 0 Å². The summed E-state index contributed by atoms with van der Waals surface area (Å²) in [5.41, 5.74) is 2.30. The van der Waals surface area contributed by atoms with E-state index in [-0.39, 0.29) is 12.5 Å². The molecule has 1 saturated heterocycles. The van der Waals surface area contributed by atoms with Gasteiger partial charge in [-0.1, -0.05) is 0 Å². The smallest absolute Gasteiger partial charge is 0.222 e. The molecule has 0 saturated carbocycles. The van der Waals surface area contributed by atoms with E-state index in [0.717, 1.165) is 50.0 Å². The molecule has 0 aromatic carbocycles. The highest BCUT2D eigenvalue weighted by Crippen LogP contribution is 2.22. The van der Waals surface area contributed by atoms with E-state index in [0.29, 0.717) is 12.3 Å². The summed E-state index contributed by atoms with van der Waals surface area (Å²) in [6.45, 7) is 4.03. The van der Waals surface area contributed by atoms with Crippen molar-refractivity contribution < 1.29 is 9.90 Å². The third-order valence-corrected chi connectivity index (χ3v) is 4.35. The molecule has 0 spiro atoms. The normalized spacial score (nSPS) is 18.8. The van der Waals surface area contributed by atoms with E-state index >= 15 is 0 Å². The third kappa shape index (κ3) is 3.60. The fraction of sp³-hybridized carbons (Fsp3) is 0.733. The molecular weight excluding hydrogens is 254 g/mol. The highest BCUT2D eigenvalue weighted by atomic mass is 16.2. The number of amides is 1. The molecule has 20 heavy (non-hydrogen) atoms. The van der Waals surface area contributed by atoms with E-state index in [2.05, 4.69) is 5.10 Å². The first-order valence-electron chi connectivity index (χ1n) is 7.48. The lowest BCUT2D eigenvalue weighted by Gasteiger charge is -2.16. The molecule has 0 bridgehead atoms. The topological polar surface area (TPSA) is 58.4 Å². The van der Waals surface area contributed by atoms with Crippen LogP contribution in [-0.4, -0.2) is 45.4 Å². The molecule has 1 aliphatic rings. The first-order valence-corrected chi connectivity index (χ1v) is 7.48. The minimum absolute atomic E-state index is 0.250. The molecule has 2 heterocycles. The van der Waals surface area contributed by atoms with Gasteiger partial charge in [-0.2, -0.15) is 5.10 Å². The number of aromatic nitrogens is 2. The lowest BCUT2D eigenvalue weighted by Crippen LogP contribution is -2.28. The summed E-state index contributed by atoms with van der Waals surface area (Å²) in [5, 5.41) is 13.1. The van der Waals surface area contributed by atoms with Crippen molar-refractivity contribution in [2.45, 2.75) is 39.0 Å². The Morgan fingerprint density at radius 3 is 3.00 bits per heavy atom. The predicted octanol–water partition coefficient (Wildman–Crippen LogP) is 1.28. The van der Waals surface area contributed by atoms with Gasteiger partial charge in [0.25, 0.3) is 0 Å². The molecule has 112 valence electrons. The lowest BCUT2D eigenvalue weighted by molar-refractivity contribution is -0.130. The Morgan fingerprint density at radius 1 is 1.55 bits per heavy atom. The average molecular weight is 279 g/mol. The van der Waals surface area contributed by atoms with E-state index in [1.807, 2.05) is 29.7 Å². The molecule has 1 fully saturated rings. The number of rotatable bonds is 6. The van der Waals surface area contributed by atoms with Crippen molar-refractivity contribution in [3.05, 3.63) is 17.5 Å². The van der Waals surface area contributed by atoms with Crippen LogP contribution in [0.5, 0.6) is 0 Å². The van der Waals surface area contributed by atoms with Gasteiger partial charge in [0.1, 0.15) is 0 Å². The molecule has 5 nitrogen and oxygen atoms in total. The molecular formula is C15H25N3O2. The van der Waals surface area contributed by atoms with Crippen LogP contribution < -0.4 is 0 Å². The fourth-order valence-electron chi connectivity index (χ4n) is 2.86. The van der Waals surface area contributed by atoms with Gasteiger partial charge in [-0.05, 0) is 44.1 Å².